The number of halogens is 1. The van der Waals surface area contributed by atoms with Crippen LogP contribution in [-0.2, 0) is 0 Å². The van der Waals surface area contributed by atoms with Crippen molar-refractivity contribution < 1.29 is 4.92 Å². The van der Waals surface area contributed by atoms with Gasteiger partial charge in [-0.05, 0) is 21.5 Å². The lowest BCUT2D eigenvalue weighted by Gasteiger charge is -1.98. The van der Waals surface area contributed by atoms with Crippen molar-refractivity contribution in [2.45, 2.75) is 0 Å². The van der Waals surface area contributed by atoms with E-state index in [0.717, 1.165) is 0 Å². The minimum Gasteiger partial charge on any atom is -0.358 e. The van der Waals surface area contributed by atoms with Crippen LogP contribution in [0.3, 0.4) is 0 Å². The minimum atomic E-state index is -0.986. The maximum atomic E-state index is 11.0. The first-order valence-electron chi connectivity index (χ1n) is 3.96. The quantitative estimate of drug-likeness (QED) is 0.319. The largest absolute Gasteiger partial charge is 0.391 e. The third-order valence-electron chi connectivity index (χ3n) is 1.83. The van der Waals surface area contributed by atoms with Crippen LogP contribution in [0, 0.1) is 10.1 Å². The van der Waals surface area contributed by atoms with E-state index in [-0.39, 0.29) is 16.2 Å². The molecule has 0 atom stereocenters. The third kappa shape index (κ3) is 1.54. The van der Waals surface area contributed by atoms with Gasteiger partial charge < -0.3 is 20.1 Å². The van der Waals surface area contributed by atoms with Crippen LogP contribution in [0.25, 0.3) is 11.0 Å². The van der Waals surface area contributed by atoms with E-state index in [9.17, 15) is 19.7 Å². The Morgan fingerprint density at radius 1 is 1.31 bits per heavy atom. The standard InChI is InChI=1S/C7H3ClN4O4/c8-3-1-2-4(5(10-3)12(15)16)11-7(14)6(13)9-2/h1H,(H,9,13)(H,11,14). The van der Waals surface area contributed by atoms with Crippen LogP contribution >= 0.6 is 11.6 Å². The Morgan fingerprint density at radius 3 is 2.56 bits per heavy atom. The van der Waals surface area contributed by atoms with Crippen LogP contribution in [-0.4, -0.2) is 19.9 Å². The molecule has 2 heterocycles. The molecule has 0 amide bonds. The normalized spacial score (nSPS) is 10.6. The topological polar surface area (TPSA) is 122 Å². The first kappa shape index (κ1) is 10.3. The van der Waals surface area contributed by atoms with Crippen molar-refractivity contribution in [3.63, 3.8) is 0 Å². The molecule has 0 radical (unpaired) electrons. The first-order chi connectivity index (χ1) is 7.49. The second-order valence-corrected chi connectivity index (χ2v) is 3.24. The number of hydrogen-bond acceptors (Lipinski definition) is 5. The zero-order valence-corrected chi connectivity index (χ0v) is 8.24. The molecule has 0 saturated carbocycles. The van der Waals surface area contributed by atoms with Gasteiger partial charge in [-0.2, -0.15) is 0 Å². The summed E-state index contributed by atoms with van der Waals surface area (Å²) in [5.74, 6) is -0.615. The summed E-state index contributed by atoms with van der Waals surface area (Å²) in [5, 5.41) is 10.5. The molecule has 8 nitrogen and oxygen atoms in total. The maximum Gasteiger partial charge on any atom is 0.391 e. The maximum absolute atomic E-state index is 11.0. The summed E-state index contributed by atoms with van der Waals surface area (Å²) in [4.78, 5) is 39.5. The number of rotatable bonds is 1. The fourth-order valence-corrected chi connectivity index (χ4v) is 1.39. The van der Waals surface area contributed by atoms with Crippen molar-refractivity contribution in [1.82, 2.24) is 15.0 Å². The molecule has 2 rings (SSSR count). The molecule has 0 spiro atoms. The molecule has 16 heavy (non-hydrogen) atoms. The molecule has 2 aromatic heterocycles. The molecule has 82 valence electrons. The van der Waals surface area contributed by atoms with Gasteiger partial charge in [0.05, 0.1) is 5.52 Å². The van der Waals surface area contributed by atoms with E-state index < -0.39 is 21.9 Å². The number of nitrogens with zero attached hydrogens (tertiary/aromatic N) is 2. The summed E-state index contributed by atoms with van der Waals surface area (Å²) in [5.41, 5.74) is -2.01. The second-order valence-electron chi connectivity index (χ2n) is 2.86. The minimum absolute atomic E-state index is 0.0521. The summed E-state index contributed by atoms with van der Waals surface area (Å²) in [6.07, 6.45) is 0. The smallest absolute Gasteiger partial charge is 0.358 e. The van der Waals surface area contributed by atoms with Crippen molar-refractivity contribution in [1.29, 1.82) is 0 Å². The van der Waals surface area contributed by atoms with Gasteiger partial charge in [-0.15, -0.1) is 0 Å². The molecule has 0 saturated heterocycles. The number of nitro groups is 1. The average Bonchev–Trinajstić information content (AvgIpc) is 2.19. The van der Waals surface area contributed by atoms with Gasteiger partial charge in [0.1, 0.15) is 0 Å². The SMILES string of the molecule is O=c1[nH]c2cc(Cl)nc([N+](=O)[O-])c2[nH]c1=O. The van der Waals surface area contributed by atoms with E-state index >= 15 is 0 Å². The van der Waals surface area contributed by atoms with Gasteiger partial charge in [0.2, 0.25) is 5.15 Å². The van der Waals surface area contributed by atoms with Crippen LogP contribution in [0.1, 0.15) is 0 Å². The average molecular weight is 243 g/mol. The molecule has 0 bridgehead atoms. The monoisotopic (exact) mass is 242 g/mol. The molecule has 9 heteroatoms. The highest BCUT2D eigenvalue weighted by Gasteiger charge is 2.18. The molecular weight excluding hydrogens is 240 g/mol. The lowest BCUT2D eigenvalue weighted by molar-refractivity contribution is -0.387. The number of pyridine rings is 1. The molecule has 0 aliphatic carbocycles. The predicted octanol–water partition coefficient (Wildman–Crippen LogP) is 0.173. The summed E-state index contributed by atoms with van der Waals surface area (Å²) in [6, 6.07) is 1.21. The fraction of sp³-hybridized carbons (Fsp3) is 0. The lowest BCUT2D eigenvalue weighted by atomic mass is 10.3. The molecule has 0 unspecified atom stereocenters. The molecule has 0 fully saturated rings. The highest BCUT2D eigenvalue weighted by molar-refractivity contribution is 6.30. The van der Waals surface area contributed by atoms with Crippen LogP contribution in [0.4, 0.5) is 5.82 Å². The third-order valence-corrected chi connectivity index (χ3v) is 2.03. The number of hydrogen-bond donors (Lipinski definition) is 2. The first-order valence-corrected chi connectivity index (χ1v) is 4.34. The zero-order chi connectivity index (χ0) is 11.9. The van der Waals surface area contributed by atoms with E-state index in [2.05, 4.69) is 15.0 Å². The van der Waals surface area contributed by atoms with Crippen molar-refractivity contribution in [3.8, 4) is 0 Å². The molecule has 0 aliphatic heterocycles. The summed E-state index contributed by atoms with van der Waals surface area (Å²) >= 11 is 5.53. The van der Waals surface area contributed by atoms with Crippen molar-refractivity contribution >= 4 is 28.5 Å². The Hall–Kier alpha value is -2.22. The summed E-state index contributed by atoms with van der Waals surface area (Å²) in [7, 11) is 0. The van der Waals surface area contributed by atoms with Crippen LogP contribution in [0.2, 0.25) is 5.15 Å². The van der Waals surface area contributed by atoms with Gasteiger partial charge in [-0.1, -0.05) is 0 Å². The fourth-order valence-electron chi connectivity index (χ4n) is 1.20. The molecule has 2 aromatic rings. The van der Waals surface area contributed by atoms with E-state index in [1.165, 1.54) is 6.07 Å². The second kappa shape index (κ2) is 3.42. The van der Waals surface area contributed by atoms with Crippen LogP contribution in [0.15, 0.2) is 15.7 Å². The Kier molecular flexibility index (Phi) is 2.20. The highest BCUT2D eigenvalue weighted by atomic mass is 35.5. The number of nitrogens with one attached hydrogen (secondary N) is 2. The van der Waals surface area contributed by atoms with Gasteiger partial charge in [-0.25, -0.2) is 0 Å². The Labute approximate surface area is 91.1 Å². The Bertz CT molecular complexity index is 704. The van der Waals surface area contributed by atoms with Gasteiger partial charge in [0.25, 0.3) is 0 Å². The zero-order valence-electron chi connectivity index (χ0n) is 7.48. The molecule has 0 aliphatic rings. The highest BCUT2D eigenvalue weighted by Crippen LogP contribution is 2.21. The number of H-pyrrole nitrogens is 2. The summed E-state index contributed by atoms with van der Waals surface area (Å²) < 4.78 is 0. The van der Waals surface area contributed by atoms with Gasteiger partial charge >= 0.3 is 16.9 Å². The Balaban J connectivity index is 3.02. The van der Waals surface area contributed by atoms with Crippen LogP contribution < -0.4 is 11.1 Å². The van der Waals surface area contributed by atoms with Crippen molar-refractivity contribution in [2.24, 2.45) is 0 Å². The number of aromatic amines is 2. The lowest BCUT2D eigenvalue weighted by Crippen LogP contribution is -2.29. The van der Waals surface area contributed by atoms with E-state index in [4.69, 9.17) is 11.6 Å². The van der Waals surface area contributed by atoms with Crippen molar-refractivity contribution in [2.75, 3.05) is 0 Å². The van der Waals surface area contributed by atoms with E-state index in [1.54, 1.807) is 0 Å². The van der Waals surface area contributed by atoms with Gasteiger partial charge in [-0.3, -0.25) is 9.59 Å². The summed E-state index contributed by atoms with van der Waals surface area (Å²) in [6.45, 7) is 0. The van der Waals surface area contributed by atoms with E-state index in [1.807, 2.05) is 0 Å². The number of fused-ring (bicyclic) bond motifs is 1. The molecular formula is C7H3ClN4O4. The molecule has 2 N–H and O–H groups in total. The van der Waals surface area contributed by atoms with Gasteiger partial charge in [0.15, 0.2) is 5.52 Å². The van der Waals surface area contributed by atoms with Gasteiger partial charge in [0, 0.05) is 6.07 Å². The van der Waals surface area contributed by atoms with Crippen molar-refractivity contribution in [3.05, 3.63) is 42.0 Å². The predicted molar refractivity (Wildman–Crippen MR) is 54.6 cm³/mol. The van der Waals surface area contributed by atoms with E-state index in [0.29, 0.717) is 0 Å². The van der Waals surface area contributed by atoms with Crippen LogP contribution in [0.5, 0.6) is 0 Å². The number of aromatic nitrogens is 3. The Morgan fingerprint density at radius 2 is 1.94 bits per heavy atom. The molecule has 0 aromatic carbocycles.